The first-order valence-electron chi connectivity index (χ1n) is 11.7. The summed E-state index contributed by atoms with van der Waals surface area (Å²) in [6.07, 6.45) is 2.60. The largest absolute Gasteiger partial charge is 0.490 e. The molecule has 1 N–H and O–H groups in total. The number of hydrogen-bond donors (Lipinski definition) is 1. The maximum absolute atomic E-state index is 15.1. The van der Waals surface area contributed by atoms with E-state index in [1.807, 2.05) is 33.8 Å². The Morgan fingerprint density at radius 3 is 2.20 bits per heavy atom. The Labute approximate surface area is 202 Å². The van der Waals surface area contributed by atoms with Crippen LogP contribution in [-0.4, -0.2) is 66.0 Å². The van der Waals surface area contributed by atoms with Gasteiger partial charge < -0.3 is 14.2 Å². The first-order chi connectivity index (χ1) is 16.4. The number of fused-ring (bicyclic) bond motifs is 1. The minimum absolute atomic E-state index is 0.0225. The third kappa shape index (κ3) is 3.77. The fourth-order valence-electron chi connectivity index (χ4n) is 4.83. The molecule has 0 radical (unpaired) electrons. The molecule has 4 amide bonds. The van der Waals surface area contributed by atoms with Crippen LogP contribution in [-0.2, 0) is 18.9 Å². The lowest BCUT2D eigenvalue weighted by Crippen LogP contribution is -2.54. The van der Waals surface area contributed by atoms with Crippen molar-refractivity contribution in [2.45, 2.75) is 64.2 Å². The Balaban J connectivity index is 1.36. The van der Waals surface area contributed by atoms with Gasteiger partial charge in [-0.2, -0.15) is 0 Å². The van der Waals surface area contributed by atoms with Crippen LogP contribution in [0.1, 0.15) is 67.7 Å². The average molecular weight is 483 g/mol. The molecule has 0 spiro atoms. The molecule has 0 bridgehead atoms. The average Bonchev–Trinajstić information content (AvgIpc) is 3.15. The van der Waals surface area contributed by atoms with Crippen molar-refractivity contribution in [1.82, 2.24) is 10.2 Å². The van der Waals surface area contributed by atoms with Crippen molar-refractivity contribution in [2.24, 2.45) is 0 Å². The summed E-state index contributed by atoms with van der Waals surface area (Å²) in [6.45, 7) is 8.80. The number of piperidine rings is 1. The summed E-state index contributed by atoms with van der Waals surface area (Å²) in [5, 5.41) is 2.15. The molecule has 4 aliphatic rings. The Morgan fingerprint density at radius 1 is 1.00 bits per heavy atom. The van der Waals surface area contributed by atoms with Crippen LogP contribution in [0.25, 0.3) is 0 Å². The standard InChI is InChI=1S/C24H27BFN3O6/c1-23(2)24(3,4)35-25(34-23)13-7-9-28(10-8-13)18-12-15-14(11-16(18)26)21(32)29(22(15)33)17-5-6-19(30)27-20(17)31/h7,11-12,17H,5-6,8-10H2,1-4H3,(H,27,30,31). The van der Waals surface area contributed by atoms with Crippen LogP contribution in [0.3, 0.4) is 0 Å². The number of amides is 4. The van der Waals surface area contributed by atoms with E-state index in [-0.39, 0.29) is 29.7 Å². The smallest absolute Gasteiger partial charge is 0.400 e. The molecule has 2 fully saturated rings. The zero-order valence-electron chi connectivity index (χ0n) is 20.1. The quantitative estimate of drug-likeness (QED) is 0.518. The molecule has 4 heterocycles. The van der Waals surface area contributed by atoms with Crippen molar-refractivity contribution in [3.8, 4) is 0 Å². The highest BCUT2D eigenvalue weighted by molar-refractivity contribution is 6.54. The molecule has 184 valence electrons. The van der Waals surface area contributed by atoms with Crippen molar-refractivity contribution in [3.05, 3.63) is 40.6 Å². The van der Waals surface area contributed by atoms with Crippen LogP contribution >= 0.6 is 0 Å². The van der Waals surface area contributed by atoms with Gasteiger partial charge in [0, 0.05) is 19.5 Å². The van der Waals surface area contributed by atoms with Gasteiger partial charge in [0.1, 0.15) is 11.9 Å². The van der Waals surface area contributed by atoms with Gasteiger partial charge >= 0.3 is 7.12 Å². The zero-order valence-corrected chi connectivity index (χ0v) is 20.1. The number of nitrogens with zero attached hydrogens (tertiary/aromatic N) is 2. The molecule has 9 nitrogen and oxygen atoms in total. The molecule has 1 atom stereocenters. The van der Waals surface area contributed by atoms with Gasteiger partial charge in [-0.05, 0) is 58.1 Å². The third-order valence-electron chi connectivity index (χ3n) is 7.65. The number of carbonyl (C=O) groups is 4. The molecule has 35 heavy (non-hydrogen) atoms. The van der Waals surface area contributed by atoms with Crippen LogP contribution in [0, 0.1) is 5.82 Å². The van der Waals surface area contributed by atoms with Crippen LogP contribution < -0.4 is 10.2 Å². The molecule has 1 aromatic rings. The highest BCUT2D eigenvalue weighted by Gasteiger charge is 2.52. The minimum atomic E-state index is -1.09. The number of anilines is 1. The van der Waals surface area contributed by atoms with E-state index >= 15 is 4.39 Å². The van der Waals surface area contributed by atoms with Crippen molar-refractivity contribution >= 4 is 36.4 Å². The molecule has 11 heteroatoms. The number of halogens is 1. The summed E-state index contributed by atoms with van der Waals surface area (Å²) in [4.78, 5) is 52.3. The van der Waals surface area contributed by atoms with Crippen LogP contribution in [0.15, 0.2) is 23.7 Å². The summed E-state index contributed by atoms with van der Waals surface area (Å²) in [5.41, 5.74) is 0.255. The molecule has 2 saturated heterocycles. The van der Waals surface area contributed by atoms with Gasteiger partial charge in [0.15, 0.2) is 0 Å². The predicted molar refractivity (Wildman–Crippen MR) is 124 cm³/mol. The lowest BCUT2D eigenvalue weighted by Gasteiger charge is -2.32. The Hall–Kier alpha value is -3.05. The maximum Gasteiger partial charge on any atom is 0.490 e. The van der Waals surface area contributed by atoms with E-state index < -0.39 is 53.8 Å². The summed E-state index contributed by atoms with van der Waals surface area (Å²) < 4.78 is 27.3. The summed E-state index contributed by atoms with van der Waals surface area (Å²) in [7, 11) is -0.465. The van der Waals surface area contributed by atoms with Gasteiger partial charge in [0.05, 0.1) is 28.0 Å². The Bertz CT molecular complexity index is 1180. The molecular weight excluding hydrogens is 456 g/mol. The number of benzene rings is 1. The second-order valence-corrected chi connectivity index (χ2v) is 10.4. The monoisotopic (exact) mass is 483 g/mol. The number of rotatable bonds is 3. The van der Waals surface area contributed by atoms with Crippen LogP contribution in [0.5, 0.6) is 0 Å². The number of nitrogens with one attached hydrogen (secondary N) is 1. The maximum atomic E-state index is 15.1. The minimum Gasteiger partial charge on any atom is -0.400 e. The SMILES string of the molecule is CC1(C)OB(C2=CCN(c3cc4c(cc3F)C(=O)N(C3CCC(=O)NC3=O)C4=O)CC2)OC1(C)C. The summed E-state index contributed by atoms with van der Waals surface area (Å²) in [5.74, 6) is -3.16. The normalized spacial score (nSPS) is 25.7. The summed E-state index contributed by atoms with van der Waals surface area (Å²) in [6, 6.07) is 1.35. The summed E-state index contributed by atoms with van der Waals surface area (Å²) >= 11 is 0. The lowest BCUT2D eigenvalue weighted by atomic mass is 9.74. The van der Waals surface area contributed by atoms with Crippen molar-refractivity contribution in [1.29, 1.82) is 0 Å². The van der Waals surface area contributed by atoms with Gasteiger partial charge in [-0.1, -0.05) is 6.08 Å². The second kappa shape index (κ2) is 7.99. The topological polar surface area (TPSA) is 105 Å². The van der Waals surface area contributed by atoms with Gasteiger partial charge in [0.2, 0.25) is 11.8 Å². The predicted octanol–water partition coefficient (Wildman–Crippen LogP) is 1.99. The fraction of sp³-hybridized carbons (Fsp3) is 0.500. The van der Waals surface area contributed by atoms with Gasteiger partial charge in [-0.3, -0.25) is 29.4 Å². The van der Waals surface area contributed by atoms with E-state index in [0.29, 0.717) is 19.5 Å². The first kappa shape index (κ1) is 23.7. The van der Waals surface area contributed by atoms with Crippen molar-refractivity contribution in [2.75, 3.05) is 18.0 Å². The van der Waals surface area contributed by atoms with E-state index in [1.54, 1.807) is 4.90 Å². The number of hydrogen-bond acceptors (Lipinski definition) is 7. The van der Waals surface area contributed by atoms with Gasteiger partial charge in [0.25, 0.3) is 11.8 Å². The van der Waals surface area contributed by atoms with E-state index in [9.17, 15) is 19.2 Å². The molecule has 4 aliphatic heterocycles. The molecule has 5 rings (SSSR count). The molecule has 1 aromatic carbocycles. The lowest BCUT2D eigenvalue weighted by molar-refractivity contribution is -0.136. The third-order valence-corrected chi connectivity index (χ3v) is 7.65. The fourth-order valence-corrected chi connectivity index (χ4v) is 4.83. The van der Waals surface area contributed by atoms with Gasteiger partial charge in [-0.15, -0.1) is 0 Å². The Morgan fingerprint density at radius 2 is 1.63 bits per heavy atom. The molecule has 0 aromatic heterocycles. The highest BCUT2D eigenvalue weighted by atomic mass is 19.1. The number of carbonyl (C=O) groups excluding carboxylic acids is 4. The van der Waals surface area contributed by atoms with Crippen LogP contribution in [0.4, 0.5) is 10.1 Å². The first-order valence-corrected chi connectivity index (χ1v) is 11.7. The van der Waals surface area contributed by atoms with Crippen LogP contribution in [0.2, 0.25) is 0 Å². The van der Waals surface area contributed by atoms with E-state index in [0.717, 1.165) is 16.4 Å². The zero-order chi connectivity index (χ0) is 25.3. The molecular formula is C24H27BFN3O6. The van der Waals surface area contributed by atoms with E-state index in [2.05, 4.69) is 5.32 Å². The molecule has 1 unspecified atom stereocenters. The molecule has 0 saturated carbocycles. The van der Waals surface area contributed by atoms with Crippen molar-refractivity contribution in [3.63, 3.8) is 0 Å². The highest BCUT2D eigenvalue weighted by Crippen LogP contribution is 2.40. The van der Waals surface area contributed by atoms with Crippen molar-refractivity contribution < 1.29 is 32.9 Å². The molecule has 0 aliphatic carbocycles. The van der Waals surface area contributed by atoms with Gasteiger partial charge in [-0.25, -0.2) is 4.39 Å². The van der Waals surface area contributed by atoms with E-state index in [4.69, 9.17) is 9.31 Å². The Kier molecular flexibility index (Phi) is 5.41. The number of imide groups is 2. The van der Waals surface area contributed by atoms with E-state index in [1.165, 1.54) is 6.07 Å². The second-order valence-electron chi connectivity index (χ2n) is 10.4.